The molecule has 0 spiro atoms. The van der Waals surface area contributed by atoms with Crippen molar-refractivity contribution in [2.45, 2.75) is 36.7 Å². The molecule has 2 aromatic rings. The topological polar surface area (TPSA) is 103 Å². The summed E-state index contributed by atoms with van der Waals surface area (Å²) >= 11 is 0. The van der Waals surface area contributed by atoms with Crippen molar-refractivity contribution in [2.24, 2.45) is 0 Å². The standard InChI is InChI=1S/C26H33N5O5S/c1-5-20-6-8-23(9-7-20)37(34,35)30-17-24(26(33)36-4)31(25(32)18-30)28(3)21-11-14-29(15-12-21)22-10-13-27-19(2)16-22/h5-10,13,16,21,24H,1,11-12,14-15,17-18H2,2-4H3. The predicted molar refractivity (Wildman–Crippen MR) is 140 cm³/mol. The summed E-state index contributed by atoms with van der Waals surface area (Å²) in [6.07, 6.45) is 4.95. The molecule has 1 aromatic heterocycles. The maximum atomic E-state index is 13.4. The van der Waals surface area contributed by atoms with Crippen molar-refractivity contribution in [2.75, 3.05) is 45.2 Å². The number of ether oxygens (including phenoxy) is 1. The van der Waals surface area contributed by atoms with E-state index in [2.05, 4.69) is 16.5 Å². The molecule has 11 heteroatoms. The van der Waals surface area contributed by atoms with Crippen LogP contribution in [0.15, 0.2) is 54.1 Å². The van der Waals surface area contributed by atoms with E-state index in [9.17, 15) is 18.0 Å². The number of methoxy groups -OCH3 is 1. The zero-order valence-corrected chi connectivity index (χ0v) is 22.2. The molecule has 1 aromatic carbocycles. The Morgan fingerprint density at radius 2 is 1.86 bits per heavy atom. The third kappa shape index (κ3) is 5.53. The van der Waals surface area contributed by atoms with Crippen LogP contribution in [0.4, 0.5) is 5.69 Å². The van der Waals surface area contributed by atoms with Crippen molar-refractivity contribution in [3.8, 4) is 0 Å². The number of benzene rings is 1. The first-order chi connectivity index (χ1) is 17.6. The summed E-state index contributed by atoms with van der Waals surface area (Å²) in [6, 6.07) is 9.18. The molecule has 0 bridgehead atoms. The molecule has 1 atom stereocenters. The van der Waals surface area contributed by atoms with Gasteiger partial charge in [0.25, 0.3) is 5.91 Å². The highest BCUT2D eigenvalue weighted by Gasteiger charge is 2.45. The average Bonchev–Trinajstić information content (AvgIpc) is 2.91. The molecule has 0 saturated carbocycles. The van der Waals surface area contributed by atoms with Gasteiger partial charge in [-0.3, -0.25) is 14.8 Å². The van der Waals surface area contributed by atoms with E-state index in [1.54, 1.807) is 36.5 Å². The Labute approximate surface area is 218 Å². The molecular formula is C26H33N5O5S. The van der Waals surface area contributed by atoms with E-state index in [1.165, 1.54) is 24.3 Å². The zero-order chi connectivity index (χ0) is 26.7. The van der Waals surface area contributed by atoms with Crippen LogP contribution in [-0.4, -0.2) is 92.0 Å². The van der Waals surface area contributed by atoms with Gasteiger partial charge in [0.05, 0.1) is 18.6 Å². The van der Waals surface area contributed by atoms with Gasteiger partial charge < -0.3 is 9.64 Å². The number of aryl methyl sites for hydroxylation is 1. The van der Waals surface area contributed by atoms with Crippen LogP contribution in [-0.2, 0) is 24.3 Å². The lowest BCUT2D eigenvalue weighted by atomic mass is 10.0. The molecule has 0 N–H and O–H groups in total. The fourth-order valence-corrected chi connectivity index (χ4v) is 6.34. The fourth-order valence-electron chi connectivity index (χ4n) is 4.95. The lowest BCUT2D eigenvalue weighted by Crippen LogP contribution is -2.66. The van der Waals surface area contributed by atoms with Crippen LogP contribution in [0.25, 0.3) is 6.08 Å². The number of hydrogen-bond donors (Lipinski definition) is 0. The number of esters is 1. The van der Waals surface area contributed by atoms with Gasteiger partial charge in [0.15, 0.2) is 6.04 Å². The Morgan fingerprint density at radius 3 is 2.46 bits per heavy atom. The summed E-state index contributed by atoms with van der Waals surface area (Å²) in [4.78, 5) is 32.7. The van der Waals surface area contributed by atoms with Crippen molar-refractivity contribution in [3.63, 3.8) is 0 Å². The molecule has 2 aliphatic rings. The first-order valence-corrected chi connectivity index (χ1v) is 13.6. The van der Waals surface area contributed by atoms with Crippen LogP contribution in [0.5, 0.6) is 0 Å². The molecular weight excluding hydrogens is 494 g/mol. The number of aromatic nitrogens is 1. The first kappa shape index (κ1) is 26.8. The second-order valence-electron chi connectivity index (χ2n) is 9.30. The van der Waals surface area contributed by atoms with Gasteiger partial charge in [-0.1, -0.05) is 24.8 Å². The van der Waals surface area contributed by atoms with Crippen LogP contribution < -0.4 is 4.90 Å². The van der Waals surface area contributed by atoms with E-state index in [-0.39, 0.29) is 24.0 Å². The maximum absolute atomic E-state index is 13.4. The summed E-state index contributed by atoms with van der Waals surface area (Å²) in [7, 11) is -0.978. The van der Waals surface area contributed by atoms with Crippen LogP contribution >= 0.6 is 0 Å². The van der Waals surface area contributed by atoms with E-state index < -0.39 is 27.9 Å². The summed E-state index contributed by atoms with van der Waals surface area (Å²) in [6.45, 7) is 6.64. The largest absolute Gasteiger partial charge is 0.467 e. The quantitative estimate of drug-likeness (QED) is 0.504. The number of piperazine rings is 1. The molecule has 2 fully saturated rings. The highest BCUT2D eigenvalue weighted by molar-refractivity contribution is 7.89. The Kier molecular flexibility index (Phi) is 7.96. The highest BCUT2D eigenvalue weighted by atomic mass is 32.2. The highest BCUT2D eigenvalue weighted by Crippen LogP contribution is 2.27. The molecule has 198 valence electrons. The lowest BCUT2D eigenvalue weighted by Gasteiger charge is -2.47. The van der Waals surface area contributed by atoms with Crippen LogP contribution in [0, 0.1) is 6.92 Å². The summed E-state index contributed by atoms with van der Waals surface area (Å²) < 4.78 is 32.7. The molecule has 2 saturated heterocycles. The number of pyridine rings is 1. The third-order valence-electron chi connectivity index (χ3n) is 7.04. The molecule has 1 unspecified atom stereocenters. The van der Waals surface area contributed by atoms with E-state index >= 15 is 0 Å². The Bertz CT molecular complexity index is 1260. The second-order valence-corrected chi connectivity index (χ2v) is 11.2. The third-order valence-corrected chi connectivity index (χ3v) is 8.87. The van der Waals surface area contributed by atoms with Gasteiger partial charge in [-0.15, -0.1) is 0 Å². The van der Waals surface area contributed by atoms with Crippen molar-refractivity contribution in [1.82, 2.24) is 19.3 Å². The number of sulfonamides is 1. The minimum Gasteiger partial charge on any atom is -0.467 e. The van der Waals surface area contributed by atoms with Gasteiger partial charge in [-0.25, -0.2) is 18.2 Å². The van der Waals surface area contributed by atoms with E-state index in [1.807, 2.05) is 19.1 Å². The van der Waals surface area contributed by atoms with Crippen LogP contribution in [0.3, 0.4) is 0 Å². The van der Waals surface area contributed by atoms with E-state index in [0.29, 0.717) is 0 Å². The Balaban J connectivity index is 1.50. The molecule has 3 heterocycles. The van der Waals surface area contributed by atoms with Gasteiger partial charge in [-0.05, 0) is 49.6 Å². The molecule has 0 aliphatic carbocycles. The van der Waals surface area contributed by atoms with Crippen molar-refractivity contribution < 1.29 is 22.7 Å². The Morgan fingerprint density at radius 1 is 1.19 bits per heavy atom. The summed E-state index contributed by atoms with van der Waals surface area (Å²) in [5.41, 5.74) is 2.84. The Hall–Kier alpha value is -3.28. The average molecular weight is 528 g/mol. The van der Waals surface area contributed by atoms with Crippen molar-refractivity contribution in [1.29, 1.82) is 0 Å². The first-order valence-electron chi connectivity index (χ1n) is 12.2. The molecule has 37 heavy (non-hydrogen) atoms. The second kappa shape index (κ2) is 11.0. The zero-order valence-electron chi connectivity index (χ0n) is 21.4. The number of piperidine rings is 1. The molecule has 10 nitrogen and oxygen atoms in total. The van der Waals surface area contributed by atoms with Crippen LogP contribution in [0.2, 0.25) is 0 Å². The molecule has 1 amide bonds. The predicted octanol–water partition coefficient (Wildman–Crippen LogP) is 1.92. The van der Waals surface area contributed by atoms with E-state index in [4.69, 9.17) is 4.74 Å². The van der Waals surface area contributed by atoms with Gasteiger partial charge in [0.1, 0.15) is 0 Å². The number of amides is 1. The van der Waals surface area contributed by atoms with Crippen molar-refractivity contribution in [3.05, 3.63) is 60.4 Å². The minimum atomic E-state index is -4.00. The normalized spacial score (nSPS) is 19.8. The van der Waals surface area contributed by atoms with Gasteiger partial charge >= 0.3 is 5.97 Å². The van der Waals surface area contributed by atoms with Crippen molar-refractivity contribution >= 4 is 33.7 Å². The number of rotatable bonds is 7. The number of hydrazine groups is 1. The number of carbonyl (C=O) groups is 2. The van der Waals surface area contributed by atoms with E-state index in [0.717, 1.165) is 47.2 Å². The SMILES string of the molecule is C=Cc1ccc(S(=O)(=O)N2CC(=O)N(N(C)C3CCN(c4ccnc(C)c4)CC3)C(C(=O)OC)C2)cc1. The monoisotopic (exact) mass is 527 g/mol. The lowest BCUT2D eigenvalue weighted by molar-refractivity contribution is -0.178. The number of nitrogens with zero attached hydrogens (tertiary/aromatic N) is 5. The number of anilines is 1. The summed E-state index contributed by atoms with van der Waals surface area (Å²) in [5, 5.41) is 3.18. The van der Waals surface area contributed by atoms with Crippen LogP contribution in [0.1, 0.15) is 24.1 Å². The smallest absolute Gasteiger partial charge is 0.331 e. The van der Waals surface area contributed by atoms with Gasteiger partial charge in [-0.2, -0.15) is 4.31 Å². The summed E-state index contributed by atoms with van der Waals surface area (Å²) in [5.74, 6) is -1.13. The molecule has 4 rings (SSSR count). The molecule has 2 aliphatic heterocycles. The van der Waals surface area contributed by atoms with Gasteiger partial charge in [0.2, 0.25) is 10.0 Å². The maximum Gasteiger partial charge on any atom is 0.331 e. The number of hydrogen-bond acceptors (Lipinski definition) is 8. The molecule has 0 radical (unpaired) electrons. The minimum absolute atomic E-state index is 0.00453. The van der Waals surface area contributed by atoms with Gasteiger partial charge in [0, 0.05) is 50.3 Å². The fraction of sp³-hybridized carbons (Fsp3) is 0.423. The number of carbonyl (C=O) groups excluding carboxylic acids is 2.